The van der Waals surface area contributed by atoms with Gasteiger partial charge in [0.1, 0.15) is 0 Å². The summed E-state index contributed by atoms with van der Waals surface area (Å²) in [5.74, 6) is -2.50. The number of rotatable bonds is 4. The topological polar surface area (TPSA) is 26.3 Å². The Hall–Kier alpha value is -0.970. The van der Waals surface area contributed by atoms with E-state index in [0.717, 1.165) is 6.07 Å². The molecule has 0 aromatic heterocycles. The van der Waals surface area contributed by atoms with Gasteiger partial charge in [0.05, 0.1) is 13.0 Å². The number of esters is 1. The molecule has 1 aromatic rings. The maximum absolute atomic E-state index is 13.3. The van der Waals surface area contributed by atoms with Crippen molar-refractivity contribution in [2.45, 2.75) is 18.7 Å². The first-order valence-corrected chi connectivity index (χ1v) is 5.89. The Kier molecular flexibility index (Phi) is 4.86. The summed E-state index contributed by atoms with van der Waals surface area (Å²) < 4.78 is 31.1. The van der Waals surface area contributed by atoms with E-state index in [-0.39, 0.29) is 18.6 Å². The zero-order valence-corrected chi connectivity index (χ0v) is 10.3. The lowest BCUT2D eigenvalue weighted by atomic mass is 10.1. The number of ether oxygens (including phenoxy) is 1. The summed E-state index contributed by atoms with van der Waals surface area (Å²) >= 11 is 3.14. The summed E-state index contributed by atoms with van der Waals surface area (Å²) in [7, 11) is 0. The van der Waals surface area contributed by atoms with E-state index in [1.165, 1.54) is 6.07 Å². The van der Waals surface area contributed by atoms with E-state index in [9.17, 15) is 13.6 Å². The lowest BCUT2D eigenvalue weighted by molar-refractivity contribution is -0.142. The Labute approximate surface area is 101 Å². The highest BCUT2D eigenvalue weighted by atomic mass is 79.9. The van der Waals surface area contributed by atoms with Gasteiger partial charge in [-0.15, -0.1) is 0 Å². The van der Waals surface area contributed by atoms with Crippen LogP contribution in [0.5, 0.6) is 0 Å². The van der Waals surface area contributed by atoms with Gasteiger partial charge in [-0.3, -0.25) is 4.79 Å². The molecule has 5 heteroatoms. The first kappa shape index (κ1) is 13.1. The predicted octanol–water partition coefficient (Wildman–Crippen LogP) is 2.97. The minimum Gasteiger partial charge on any atom is -0.466 e. The van der Waals surface area contributed by atoms with E-state index in [2.05, 4.69) is 20.7 Å². The first-order chi connectivity index (χ1) is 7.58. The van der Waals surface area contributed by atoms with Crippen molar-refractivity contribution in [2.75, 3.05) is 6.61 Å². The van der Waals surface area contributed by atoms with Crippen molar-refractivity contribution in [1.82, 2.24) is 0 Å². The van der Waals surface area contributed by atoms with Gasteiger partial charge in [0.25, 0.3) is 0 Å². The van der Waals surface area contributed by atoms with Gasteiger partial charge in [0.15, 0.2) is 11.6 Å². The molecule has 0 N–H and O–H groups in total. The molecule has 0 aliphatic rings. The number of halogens is 3. The van der Waals surface area contributed by atoms with Crippen LogP contribution in [-0.4, -0.2) is 12.6 Å². The maximum Gasteiger partial charge on any atom is 0.310 e. The fraction of sp³-hybridized carbons (Fsp3) is 0.364. The molecule has 2 nitrogen and oxygen atoms in total. The highest BCUT2D eigenvalue weighted by Crippen LogP contribution is 2.17. The van der Waals surface area contributed by atoms with Gasteiger partial charge in [-0.2, -0.15) is 0 Å². The van der Waals surface area contributed by atoms with Crippen LogP contribution in [0.15, 0.2) is 12.1 Å². The quantitative estimate of drug-likeness (QED) is 0.630. The highest BCUT2D eigenvalue weighted by molar-refractivity contribution is 9.08. The zero-order chi connectivity index (χ0) is 12.1. The normalized spacial score (nSPS) is 10.2. The summed E-state index contributed by atoms with van der Waals surface area (Å²) in [6.45, 7) is 1.88. The molecule has 0 saturated carbocycles. The maximum atomic E-state index is 13.3. The van der Waals surface area contributed by atoms with Crippen molar-refractivity contribution in [3.05, 3.63) is 34.9 Å². The van der Waals surface area contributed by atoms with Crippen LogP contribution in [0.2, 0.25) is 0 Å². The molecule has 88 valence electrons. The van der Waals surface area contributed by atoms with Gasteiger partial charge in [-0.05, 0) is 18.6 Å². The zero-order valence-electron chi connectivity index (χ0n) is 8.73. The number of hydrogen-bond acceptors (Lipinski definition) is 2. The molecular weight excluding hydrogens is 282 g/mol. The third kappa shape index (κ3) is 3.27. The van der Waals surface area contributed by atoms with Gasteiger partial charge < -0.3 is 4.74 Å². The Bertz CT molecular complexity index is 394. The fourth-order valence-electron chi connectivity index (χ4n) is 1.28. The number of carbonyl (C=O) groups is 1. The summed E-state index contributed by atoms with van der Waals surface area (Å²) in [5, 5.41) is 0.403. The SMILES string of the molecule is CCOC(=O)Cc1cc(CBr)cc(F)c1F. The molecular formula is C11H11BrF2O2. The molecule has 0 spiro atoms. The van der Waals surface area contributed by atoms with Crippen LogP contribution in [0.4, 0.5) is 8.78 Å². The molecule has 0 aliphatic heterocycles. The van der Waals surface area contributed by atoms with Crippen molar-refractivity contribution in [3.63, 3.8) is 0 Å². The average molecular weight is 293 g/mol. The largest absolute Gasteiger partial charge is 0.466 e. The van der Waals surface area contributed by atoms with Gasteiger partial charge in [0, 0.05) is 10.9 Å². The lowest BCUT2D eigenvalue weighted by Gasteiger charge is -2.06. The highest BCUT2D eigenvalue weighted by Gasteiger charge is 2.14. The van der Waals surface area contributed by atoms with E-state index < -0.39 is 17.6 Å². The standard InChI is InChI=1S/C11H11BrF2O2/c1-2-16-10(15)5-8-3-7(6-12)4-9(13)11(8)14/h3-4H,2,5-6H2,1H3. The van der Waals surface area contributed by atoms with Crippen molar-refractivity contribution in [1.29, 1.82) is 0 Å². The van der Waals surface area contributed by atoms with E-state index in [1.54, 1.807) is 6.92 Å². The summed E-state index contributed by atoms with van der Waals surface area (Å²) in [6, 6.07) is 2.54. The average Bonchev–Trinajstić information content (AvgIpc) is 2.24. The molecule has 0 saturated heterocycles. The lowest BCUT2D eigenvalue weighted by Crippen LogP contribution is -2.10. The van der Waals surface area contributed by atoms with Crippen molar-refractivity contribution in [2.24, 2.45) is 0 Å². The Morgan fingerprint density at radius 2 is 2.12 bits per heavy atom. The summed E-state index contributed by atoms with van der Waals surface area (Å²) in [5.41, 5.74) is 0.603. The van der Waals surface area contributed by atoms with Crippen molar-refractivity contribution in [3.8, 4) is 0 Å². The molecule has 0 amide bonds. The molecule has 0 fully saturated rings. The van der Waals surface area contributed by atoms with E-state index in [4.69, 9.17) is 0 Å². The van der Waals surface area contributed by atoms with Crippen LogP contribution >= 0.6 is 15.9 Å². The third-order valence-corrected chi connectivity index (χ3v) is 2.61. The van der Waals surface area contributed by atoms with Gasteiger partial charge >= 0.3 is 5.97 Å². The van der Waals surface area contributed by atoms with Gasteiger partial charge in [-0.1, -0.05) is 22.0 Å². The Morgan fingerprint density at radius 3 is 2.69 bits per heavy atom. The molecule has 0 aliphatic carbocycles. The number of carbonyl (C=O) groups excluding carboxylic acids is 1. The summed E-state index contributed by atoms with van der Waals surface area (Å²) in [6.07, 6.45) is -0.253. The van der Waals surface area contributed by atoms with Gasteiger partial charge in [0.2, 0.25) is 0 Å². The molecule has 0 unspecified atom stereocenters. The molecule has 0 radical (unpaired) electrons. The fourth-order valence-corrected chi connectivity index (χ4v) is 1.61. The van der Waals surface area contributed by atoms with Crippen LogP contribution in [0.25, 0.3) is 0 Å². The monoisotopic (exact) mass is 292 g/mol. The second-order valence-electron chi connectivity index (χ2n) is 3.17. The Balaban J connectivity index is 2.94. The second-order valence-corrected chi connectivity index (χ2v) is 3.73. The van der Waals surface area contributed by atoms with Crippen LogP contribution < -0.4 is 0 Å². The summed E-state index contributed by atoms with van der Waals surface area (Å²) in [4.78, 5) is 11.2. The second kappa shape index (κ2) is 5.94. The molecule has 0 heterocycles. The Morgan fingerprint density at radius 1 is 1.44 bits per heavy atom. The van der Waals surface area contributed by atoms with E-state index in [0.29, 0.717) is 10.9 Å². The van der Waals surface area contributed by atoms with Crippen LogP contribution in [0, 0.1) is 11.6 Å². The van der Waals surface area contributed by atoms with Crippen molar-refractivity contribution >= 4 is 21.9 Å². The van der Waals surface area contributed by atoms with Crippen molar-refractivity contribution < 1.29 is 18.3 Å². The molecule has 1 aromatic carbocycles. The molecule has 16 heavy (non-hydrogen) atoms. The molecule has 0 atom stereocenters. The minimum absolute atomic E-state index is 0.0212. The van der Waals surface area contributed by atoms with E-state index >= 15 is 0 Å². The van der Waals surface area contributed by atoms with Crippen LogP contribution in [0.1, 0.15) is 18.1 Å². The minimum atomic E-state index is -0.988. The predicted molar refractivity (Wildman–Crippen MR) is 59.3 cm³/mol. The van der Waals surface area contributed by atoms with E-state index in [1.807, 2.05) is 0 Å². The smallest absolute Gasteiger partial charge is 0.310 e. The van der Waals surface area contributed by atoms with Crippen LogP contribution in [0.3, 0.4) is 0 Å². The van der Waals surface area contributed by atoms with Gasteiger partial charge in [-0.25, -0.2) is 8.78 Å². The number of benzene rings is 1. The number of alkyl halides is 1. The third-order valence-electron chi connectivity index (χ3n) is 1.96. The molecule has 1 rings (SSSR count). The molecule has 0 bridgehead atoms. The number of hydrogen-bond donors (Lipinski definition) is 0. The van der Waals surface area contributed by atoms with Crippen LogP contribution in [-0.2, 0) is 21.3 Å². The first-order valence-electron chi connectivity index (χ1n) is 4.76.